The van der Waals surface area contributed by atoms with Crippen LogP contribution in [-0.2, 0) is 0 Å². The average molecular weight is 524 g/mol. The summed E-state index contributed by atoms with van der Waals surface area (Å²) in [5.74, 6) is 1.24. The van der Waals surface area contributed by atoms with Crippen LogP contribution in [0.3, 0.4) is 0 Å². The fourth-order valence-corrected chi connectivity index (χ4v) is 4.96. The number of likely N-dealkylation sites (N-methyl/N-ethyl adjacent to an activating group) is 1. The predicted octanol–water partition coefficient (Wildman–Crippen LogP) is 4.78. The Kier molecular flexibility index (Phi) is 6.95. The Bertz CT molecular complexity index is 1450. The van der Waals surface area contributed by atoms with Crippen molar-refractivity contribution < 1.29 is 4.79 Å². The maximum Gasteiger partial charge on any atom is 0.251 e. The zero-order chi connectivity index (χ0) is 26.9. The van der Waals surface area contributed by atoms with E-state index in [0.717, 1.165) is 79.5 Å². The zero-order valence-corrected chi connectivity index (χ0v) is 23.0. The molecule has 2 N–H and O–H groups in total. The Labute approximate surface area is 230 Å². The van der Waals surface area contributed by atoms with Gasteiger partial charge in [0.25, 0.3) is 5.91 Å². The Balaban J connectivity index is 1.33. The van der Waals surface area contributed by atoms with Crippen LogP contribution >= 0.6 is 0 Å². The molecule has 1 saturated heterocycles. The second-order valence-corrected chi connectivity index (χ2v) is 11.2. The van der Waals surface area contributed by atoms with Gasteiger partial charge in [-0.1, -0.05) is 38.1 Å². The number of amides is 1. The van der Waals surface area contributed by atoms with Crippen molar-refractivity contribution in [2.75, 3.05) is 50.0 Å². The number of carbonyl (C=O) groups excluding carboxylic acids is 1. The number of nitrogens with zero attached hydrogens (tertiary/aromatic N) is 5. The second kappa shape index (κ2) is 10.7. The van der Waals surface area contributed by atoms with Crippen molar-refractivity contribution in [3.8, 4) is 22.5 Å². The lowest BCUT2D eigenvalue weighted by atomic mass is 10.1. The van der Waals surface area contributed by atoms with Gasteiger partial charge in [0, 0.05) is 67.3 Å². The fourth-order valence-electron chi connectivity index (χ4n) is 4.96. The first-order valence-electron chi connectivity index (χ1n) is 14.0. The first-order chi connectivity index (χ1) is 18.9. The molecular formula is C31H37N7O. The summed E-state index contributed by atoms with van der Waals surface area (Å²) in [5, 5.41) is 6.58. The van der Waals surface area contributed by atoms with Crippen molar-refractivity contribution in [2.45, 2.75) is 32.7 Å². The van der Waals surface area contributed by atoms with Gasteiger partial charge in [-0.15, -0.1) is 0 Å². The Morgan fingerprint density at radius 1 is 0.974 bits per heavy atom. The van der Waals surface area contributed by atoms with E-state index in [2.05, 4.69) is 76.2 Å². The molecule has 0 spiro atoms. The molecule has 1 amide bonds. The predicted molar refractivity (Wildman–Crippen MR) is 157 cm³/mol. The zero-order valence-electron chi connectivity index (χ0n) is 23.0. The first-order valence-corrected chi connectivity index (χ1v) is 14.0. The topological polar surface area (TPSA) is 77.8 Å². The van der Waals surface area contributed by atoms with Crippen LogP contribution in [0, 0.1) is 5.92 Å². The van der Waals surface area contributed by atoms with Crippen LogP contribution in [0.15, 0.2) is 60.9 Å². The van der Waals surface area contributed by atoms with E-state index in [9.17, 15) is 4.79 Å². The summed E-state index contributed by atoms with van der Waals surface area (Å²) in [7, 11) is 2.18. The summed E-state index contributed by atoms with van der Waals surface area (Å²) in [4.78, 5) is 27.0. The maximum absolute atomic E-state index is 12.5. The molecule has 2 aromatic heterocycles. The number of aromatic nitrogens is 3. The normalized spacial score (nSPS) is 16.2. The van der Waals surface area contributed by atoms with E-state index in [1.165, 1.54) is 5.69 Å². The number of hydrogen-bond donors (Lipinski definition) is 2. The van der Waals surface area contributed by atoms with Gasteiger partial charge in [0.15, 0.2) is 11.5 Å². The number of rotatable bonds is 8. The Morgan fingerprint density at radius 3 is 2.33 bits per heavy atom. The SMILES string of the molecule is CC(C)CNc1nc(-c2ccc(N3CCN(C)CC3)cc2)cn2c(-c3ccc(C(=O)NC4CC4)cc3)cnc12. The molecule has 39 heavy (non-hydrogen) atoms. The minimum absolute atomic E-state index is 0.00568. The highest BCUT2D eigenvalue weighted by molar-refractivity contribution is 5.95. The van der Waals surface area contributed by atoms with E-state index in [-0.39, 0.29) is 5.91 Å². The summed E-state index contributed by atoms with van der Waals surface area (Å²) in [6.45, 7) is 9.43. The molecule has 1 saturated carbocycles. The van der Waals surface area contributed by atoms with Gasteiger partial charge in [-0.3, -0.25) is 9.20 Å². The van der Waals surface area contributed by atoms with E-state index in [1.807, 2.05) is 30.5 Å². The summed E-state index contributed by atoms with van der Waals surface area (Å²) in [6, 6.07) is 16.9. The molecule has 2 aromatic carbocycles. The smallest absolute Gasteiger partial charge is 0.251 e. The molecule has 4 aromatic rings. The molecular weight excluding hydrogens is 486 g/mol. The molecule has 1 aliphatic carbocycles. The molecule has 2 aliphatic rings. The van der Waals surface area contributed by atoms with E-state index < -0.39 is 0 Å². The molecule has 8 nitrogen and oxygen atoms in total. The summed E-state index contributed by atoms with van der Waals surface area (Å²) < 4.78 is 2.11. The van der Waals surface area contributed by atoms with Crippen molar-refractivity contribution in [3.05, 3.63) is 66.5 Å². The van der Waals surface area contributed by atoms with Crippen LogP contribution in [0.1, 0.15) is 37.0 Å². The third-order valence-corrected chi connectivity index (χ3v) is 7.56. The molecule has 3 heterocycles. The van der Waals surface area contributed by atoms with Gasteiger partial charge in [0.1, 0.15) is 0 Å². The molecule has 2 fully saturated rings. The van der Waals surface area contributed by atoms with Gasteiger partial charge < -0.3 is 20.4 Å². The standard InChI is InChI=1S/C31H37N7O/c1-21(2)18-32-29-30-33-19-28(23-4-6-24(7-5-23)31(39)34-25-10-11-25)38(30)20-27(35-29)22-8-12-26(13-9-22)37-16-14-36(3)15-17-37/h4-9,12-13,19-21,25H,10-11,14-18H2,1-3H3,(H,32,35)(H,34,39). The quantitative estimate of drug-likeness (QED) is 0.346. The van der Waals surface area contributed by atoms with Crippen molar-refractivity contribution in [3.63, 3.8) is 0 Å². The fraction of sp³-hybridized carbons (Fsp3) is 0.387. The largest absolute Gasteiger partial charge is 0.369 e. The minimum Gasteiger partial charge on any atom is -0.369 e. The summed E-state index contributed by atoms with van der Waals surface area (Å²) >= 11 is 0. The molecule has 0 bridgehead atoms. The highest BCUT2D eigenvalue weighted by Gasteiger charge is 2.24. The molecule has 0 atom stereocenters. The highest BCUT2D eigenvalue weighted by atomic mass is 16.1. The number of fused-ring (bicyclic) bond motifs is 1. The van der Waals surface area contributed by atoms with Gasteiger partial charge >= 0.3 is 0 Å². The first kappa shape index (κ1) is 25.4. The number of anilines is 2. The van der Waals surface area contributed by atoms with E-state index >= 15 is 0 Å². The van der Waals surface area contributed by atoms with Crippen LogP contribution in [-0.4, -0.2) is 71.0 Å². The average Bonchev–Trinajstić information content (AvgIpc) is 3.67. The molecule has 0 unspecified atom stereocenters. The van der Waals surface area contributed by atoms with Crippen LogP contribution in [0.25, 0.3) is 28.2 Å². The van der Waals surface area contributed by atoms with Crippen molar-refractivity contribution in [1.82, 2.24) is 24.6 Å². The third-order valence-electron chi connectivity index (χ3n) is 7.56. The number of benzene rings is 2. The van der Waals surface area contributed by atoms with Crippen LogP contribution in [0.4, 0.5) is 11.5 Å². The van der Waals surface area contributed by atoms with Crippen molar-refractivity contribution in [1.29, 1.82) is 0 Å². The third kappa shape index (κ3) is 5.61. The van der Waals surface area contributed by atoms with Crippen LogP contribution in [0.5, 0.6) is 0 Å². The second-order valence-electron chi connectivity index (χ2n) is 11.2. The Hall–Kier alpha value is -3.91. The minimum atomic E-state index is -0.00568. The molecule has 0 radical (unpaired) electrons. The molecule has 6 rings (SSSR count). The lowest BCUT2D eigenvalue weighted by Crippen LogP contribution is -2.44. The summed E-state index contributed by atoms with van der Waals surface area (Å²) in [6.07, 6.45) is 6.11. The highest BCUT2D eigenvalue weighted by Crippen LogP contribution is 2.29. The van der Waals surface area contributed by atoms with E-state index in [0.29, 0.717) is 17.5 Å². The number of nitrogens with one attached hydrogen (secondary N) is 2. The van der Waals surface area contributed by atoms with Gasteiger partial charge in [0.05, 0.1) is 17.6 Å². The molecule has 8 heteroatoms. The number of piperazine rings is 1. The maximum atomic E-state index is 12.5. The molecule has 1 aliphatic heterocycles. The number of carbonyl (C=O) groups is 1. The lowest BCUT2D eigenvalue weighted by molar-refractivity contribution is 0.0951. The number of imidazole rings is 1. The monoisotopic (exact) mass is 523 g/mol. The van der Waals surface area contributed by atoms with Gasteiger partial charge in [-0.2, -0.15) is 0 Å². The van der Waals surface area contributed by atoms with Crippen molar-refractivity contribution in [2.24, 2.45) is 5.92 Å². The van der Waals surface area contributed by atoms with Gasteiger partial charge in [-0.25, -0.2) is 9.97 Å². The lowest BCUT2D eigenvalue weighted by Gasteiger charge is -2.34. The van der Waals surface area contributed by atoms with Gasteiger partial charge in [0.2, 0.25) is 0 Å². The Morgan fingerprint density at radius 2 is 1.67 bits per heavy atom. The van der Waals surface area contributed by atoms with E-state index in [4.69, 9.17) is 9.97 Å². The van der Waals surface area contributed by atoms with Crippen molar-refractivity contribution >= 4 is 23.1 Å². The molecule has 202 valence electrons. The van der Waals surface area contributed by atoms with Crippen LogP contribution < -0.4 is 15.5 Å². The van der Waals surface area contributed by atoms with E-state index in [1.54, 1.807) is 0 Å². The summed E-state index contributed by atoms with van der Waals surface area (Å²) in [5.41, 5.74) is 6.64. The van der Waals surface area contributed by atoms with Gasteiger partial charge in [-0.05, 0) is 50.1 Å². The van der Waals surface area contributed by atoms with Crippen LogP contribution in [0.2, 0.25) is 0 Å². The number of hydrogen-bond acceptors (Lipinski definition) is 6.